The highest BCUT2D eigenvalue weighted by Gasteiger charge is 2.15. The van der Waals surface area contributed by atoms with Crippen LogP contribution in [0.25, 0.3) is 0 Å². The second-order valence-corrected chi connectivity index (χ2v) is 4.73. The topological polar surface area (TPSA) is 0 Å². The van der Waals surface area contributed by atoms with E-state index in [1.807, 2.05) is 0 Å². The summed E-state index contributed by atoms with van der Waals surface area (Å²) in [7, 11) is 0. The second kappa shape index (κ2) is 8.59. The summed E-state index contributed by atoms with van der Waals surface area (Å²) in [4.78, 5) is 0. The third-order valence-corrected chi connectivity index (χ3v) is 2.91. The van der Waals surface area contributed by atoms with Gasteiger partial charge in [0.1, 0.15) is 0 Å². The van der Waals surface area contributed by atoms with E-state index in [1.54, 1.807) is 0 Å². The summed E-state index contributed by atoms with van der Waals surface area (Å²) in [5.41, 5.74) is 0. The molecule has 2 atom stereocenters. The number of unbranched alkanes of at least 4 members (excludes halogenated alkanes) is 3. The van der Waals surface area contributed by atoms with E-state index in [-0.39, 0.29) is 0 Å². The first kappa shape index (κ1) is 13.0. The quantitative estimate of drug-likeness (QED) is 0.540. The second-order valence-electron chi connectivity index (χ2n) is 4.73. The van der Waals surface area contributed by atoms with Crippen molar-refractivity contribution < 1.29 is 0 Å². The summed E-state index contributed by atoms with van der Waals surface area (Å²) in [5.74, 6) is 2.05. The fraction of sp³-hybridized carbons (Fsp3) is 1.00. The standard InChI is InChI=1S/C7H14.C6H14/c1-6-3-4-7(2)5-6;1-3-5-6-4-2/h6-7H,3-5H2,1-2H3;3-6H2,1-2H3. The molecule has 0 heteroatoms. The molecule has 0 aliphatic heterocycles. The summed E-state index contributed by atoms with van der Waals surface area (Å²) >= 11 is 0. The summed E-state index contributed by atoms with van der Waals surface area (Å²) in [6.07, 6.45) is 9.96. The van der Waals surface area contributed by atoms with Crippen LogP contribution in [0.5, 0.6) is 0 Å². The first-order valence-electron chi connectivity index (χ1n) is 6.20. The molecule has 0 aromatic heterocycles. The maximum absolute atomic E-state index is 2.35. The average molecular weight is 184 g/mol. The molecule has 0 saturated heterocycles. The van der Waals surface area contributed by atoms with Gasteiger partial charge in [-0.15, -0.1) is 0 Å². The van der Waals surface area contributed by atoms with E-state index in [2.05, 4.69) is 27.7 Å². The van der Waals surface area contributed by atoms with Gasteiger partial charge in [-0.1, -0.05) is 66.2 Å². The Labute approximate surface area is 85.1 Å². The van der Waals surface area contributed by atoms with Crippen molar-refractivity contribution in [3.05, 3.63) is 0 Å². The Hall–Kier alpha value is 0. The van der Waals surface area contributed by atoms with Gasteiger partial charge in [-0.3, -0.25) is 0 Å². The highest BCUT2D eigenvalue weighted by atomic mass is 14.2. The Balaban J connectivity index is 0.000000226. The normalized spacial score (nSPS) is 26.8. The van der Waals surface area contributed by atoms with Crippen molar-refractivity contribution in [3.8, 4) is 0 Å². The van der Waals surface area contributed by atoms with E-state index >= 15 is 0 Å². The number of rotatable bonds is 3. The molecule has 0 aromatic carbocycles. The van der Waals surface area contributed by atoms with E-state index in [4.69, 9.17) is 0 Å². The van der Waals surface area contributed by atoms with Crippen molar-refractivity contribution in [2.75, 3.05) is 0 Å². The van der Waals surface area contributed by atoms with Crippen molar-refractivity contribution in [1.82, 2.24) is 0 Å². The van der Waals surface area contributed by atoms with Crippen molar-refractivity contribution in [2.24, 2.45) is 11.8 Å². The Morgan fingerprint density at radius 2 is 1.23 bits per heavy atom. The fourth-order valence-electron chi connectivity index (χ4n) is 1.99. The van der Waals surface area contributed by atoms with Crippen LogP contribution in [0.3, 0.4) is 0 Å². The molecule has 0 heterocycles. The Kier molecular flexibility index (Phi) is 8.59. The van der Waals surface area contributed by atoms with Gasteiger partial charge in [0, 0.05) is 0 Å². The van der Waals surface area contributed by atoms with Crippen molar-refractivity contribution in [3.63, 3.8) is 0 Å². The molecule has 1 aliphatic rings. The van der Waals surface area contributed by atoms with Crippen LogP contribution in [0, 0.1) is 11.8 Å². The van der Waals surface area contributed by atoms with Gasteiger partial charge in [0.15, 0.2) is 0 Å². The summed E-state index contributed by atoms with van der Waals surface area (Å²) < 4.78 is 0. The van der Waals surface area contributed by atoms with E-state index < -0.39 is 0 Å². The summed E-state index contributed by atoms with van der Waals surface area (Å²) in [5, 5.41) is 0. The molecule has 1 saturated carbocycles. The maximum atomic E-state index is 2.35. The predicted octanol–water partition coefficient (Wildman–Crippen LogP) is 5.03. The predicted molar refractivity (Wildman–Crippen MR) is 62.0 cm³/mol. The SMILES string of the molecule is CC1CCC(C)C1.CCCCCC. The van der Waals surface area contributed by atoms with Crippen LogP contribution >= 0.6 is 0 Å². The molecular formula is C13H28. The molecule has 80 valence electrons. The molecule has 0 spiro atoms. The van der Waals surface area contributed by atoms with Crippen LogP contribution in [0.15, 0.2) is 0 Å². The van der Waals surface area contributed by atoms with E-state index in [1.165, 1.54) is 44.9 Å². The van der Waals surface area contributed by atoms with Gasteiger partial charge in [0.25, 0.3) is 0 Å². The maximum Gasteiger partial charge on any atom is -0.0440 e. The third kappa shape index (κ3) is 8.33. The summed E-state index contributed by atoms with van der Waals surface area (Å²) in [6.45, 7) is 9.16. The molecule has 1 aliphatic carbocycles. The first-order chi connectivity index (χ1) is 6.20. The molecule has 0 aromatic rings. The molecule has 2 unspecified atom stereocenters. The first-order valence-corrected chi connectivity index (χ1v) is 6.20. The van der Waals surface area contributed by atoms with Crippen molar-refractivity contribution in [1.29, 1.82) is 0 Å². The lowest BCUT2D eigenvalue weighted by atomic mass is 10.1. The third-order valence-electron chi connectivity index (χ3n) is 2.91. The highest BCUT2D eigenvalue weighted by Crippen LogP contribution is 2.29. The molecule has 1 rings (SSSR count). The van der Waals surface area contributed by atoms with Crippen LogP contribution in [-0.4, -0.2) is 0 Å². The average Bonchev–Trinajstić information content (AvgIpc) is 2.47. The van der Waals surface area contributed by atoms with Gasteiger partial charge in [-0.25, -0.2) is 0 Å². The fourth-order valence-corrected chi connectivity index (χ4v) is 1.99. The smallest absolute Gasteiger partial charge is 0.0440 e. The Bertz CT molecular complexity index is 84.2. The minimum absolute atomic E-state index is 1.02. The minimum Gasteiger partial charge on any atom is -0.0654 e. The van der Waals surface area contributed by atoms with Crippen LogP contribution in [-0.2, 0) is 0 Å². The van der Waals surface area contributed by atoms with Crippen LogP contribution in [0.2, 0.25) is 0 Å². The van der Waals surface area contributed by atoms with E-state index in [0.29, 0.717) is 0 Å². The lowest BCUT2D eigenvalue weighted by Crippen LogP contribution is -1.84. The van der Waals surface area contributed by atoms with Gasteiger partial charge in [-0.05, 0) is 18.3 Å². The molecule has 0 amide bonds. The molecule has 1 fully saturated rings. The van der Waals surface area contributed by atoms with Crippen LogP contribution in [0.1, 0.15) is 72.6 Å². The number of hydrogen-bond donors (Lipinski definition) is 0. The Morgan fingerprint density at radius 1 is 0.846 bits per heavy atom. The van der Waals surface area contributed by atoms with E-state index in [0.717, 1.165) is 11.8 Å². The van der Waals surface area contributed by atoms with Gasteiger partial charge >= 0.3 is 0 Å². The van der Waals surface area contributed by atoms with Gasteiger partial charge in [0.05, 0.1) is 0 Å². The highest BCUT2D eigenvalue weighted by molar-refractivity contribution is 4.68. The van der Waals surface area contributed by atoms with Crippen molar-refractivity contribution >= 4 is 0 Å². The zero-order valence-corrected chi connectivity index (χ0v) is 10.1. The monoisotopic (exact) mass is 184 g/mol. The molecule has 0 radical (unpaired) electrons. The van der Waals surface area contributed by atoms with Gasteiger partial charge < -0.3 is 0 Å². The molecule has 0 bridgehead atoms. The largest absolute Gasteiger partial charge is 0.0654 e. The molecule has 0 nitrogen and oxygen atoms in total. The summed E-state index contributed by atoms with van der Waals surface area (Å²) in [6, 6.07) is 0. The van der Waals surface area contributed by atoms with Crippen LogP contribution in [0.4, 0.5) is 0 Å². The molecular weight excluding hydrogens is 156 g/mol. The lowest BCUT2D eigenvalue weighted by molar-refractivity contribution is 0.555. The van der Waals surface area contributed by atoms with Crippen LogP contribution < -0.4 is 0 Å². The van der Waals surface area contributed by atoms with E-state index in [9.17, 15) is 0 Å². The lowest BCUT2D eigenvalue weighted by Gasteiger charge is -1.96. The van der Waals surface area contributed by atoms with Gasteiger partial charge in [0.2, 0.25) is 0 Å². The minimum atomic E-state index is 1.02. The Morgan fingerprint density at radius 3 is 1.38 bits per heavy atom. The zero-order valence-electron chi connectivity index (χ0n) is 10.1. The van der Waals surface area contributed by atoms with Gasteiger partial charge in [-0.2, -0.15) is 0 Å². The number of hydrogen-bond acceptors (Lipinski definition) is 0. The van der Waals surface area contributed by atoms with Crippen molar-refractivity contribution in [2.45, 2.75) is 72.6 Å². The molecule has 0 N–H and O–H groups in total. The molecule has 13 heavy (non-hydrogen) atoms. The zero-order chi connectivity index (χ0) is 10.1.